The molecule has 0 aliphatic carbocycles. The van der Waals surface area contributed by atoms with Crippen LogP contribution in [0.1, 0.15) is 65.9 Å². The van der Waals surface area contributed by atoms with E-state index in [4.69, 9.17) is 0 Å². The molecule has 0 bridgehead atoms. The smallest absolute Gasteiger partial charge is 0.0571 e. The highest BCUT2D eigenvalue weighted by Gasteiger charge is 2.48. The third kappa shape index (κ3) is 4.66. The summed E-state index contributed by atoms with van der Waals surface area (Å²) >= 11 is 0. The lowest BCUT2D eigenvalue weighted by molar-refractivity contribution is -0.0161. The Morgan fingerprint density at radius 1 is 0.938 bits per heavy atom. The van der Waals surface area contributed by atoms with Gasteiger partial charge in [0.05, 0.1) is 6.17 Å². The van der Waals surface area contributed by atoms with Crippen molar-refractivity contribution in [2.45, 2.75) is 90.0 Å². The predicted molar refractivity (Wildman–Crippen MR) is 137 cm³/mol. The Hall–Kier alpha value is -1.68. The van der Waals surface area contributed by atoms with Gasteiger partial charge in [-0.2, -0.15) is 0 Å². The minimum Gasteiger partial charge on any atom is -0.301 e. The Balaban J connectivity index is 1.69. The highest BCUT2D eigenvalue weighted by Crippen LogP contribution is 2.42. The normalized spacial score (nSPS) is 26.6. The number of rotatable bonds is 7. The number of nitrogens with zero attached hydrogens (tertiary/aromatic N) is 2. The molecule has 32 heavy (non-hydrogen) atoms. The van der Waals surface area contributed by atoms with Gasteiger partial charge in [-0.25, -0.2) is 0 Å². The topological polar surface area (TPSA) is 18.5 Å². The van der Waals surface area contributed by atoms with E-state index in [-0.39, 0.29) is 5.41 Å². The van der Waals surface area contributed by atoms with Gasteiger partial charge >= 0.3 is 0 Å². The zero-order valence-corrected chi connectivity index (χ0v) is 20.8. The minimum absolute atomic E-state index is 0.157. The molecule has 3 nitrogen and oxygen atoms in total. The second-order valence-corrected chi connectivity index (χ2v) is 10.6. The molecule has 3 heteroatoms. The van der Waals surface area contributed by atoms with Crippen LogP contribution >= 0.6 is 0 Å². The van der Waals surface area contributed by atoms with Gasteiger partial charge in [-0.05, 0) is 83.7 Å². The van der Waals surface area contributed by atoms with Crippen LogP contribution in [0.4, 0.5) is 0 Å². The average Bonchev–Trinajstić information content (AvgIpc) is 2.81. The average molecular weight is 434 g/mol. The Morgan fingerprint density at radius 2 is 1.59 bits per heavy atom. The first-order valence-corrected chi connectivity index (χ1v) is 12.8. The Morgan fingerprint density at radius 3 is 2.25 bits per heavy atom. The SMILES string of the molecule is CC(C)N(CCC1(c2ccc(-c3ccccc3)cc2)CNC(C)N2CCCCC21)C(C)C. The van der Waals surface area contributed by atoms with Crippen molar-refractivity contribution in [2.75, 3.05) is 19.6 Å². The quantitative estimate of drug-likeness (QED) is 0.586. The van der Waals surface area contributed by atoms with E-state index in [1.54, 1.807) is 0 Å². The lowest BCUT2D eigenvalue weighted by Gasteiger charge is -2.56. The maximum absolute atomic E-state index is 3.91. The molecule has 3 atom stereocenters. The second-order valence-electron chi connectivity index (χ2n) is 10.6. The molecule has 3 unspecified atom stereocenters. The van der Waals surface area contributed by atoms with Gasteiger partial charge in [0.2, 0.25) is 0 Å². The molecule has 1 N–H and O–H groups in total. The minimum atomic E-state index is 0.157. The fourth-order valence-corrected chi connectivity index (χ4v) is 6.34. The fraction of sp³-hybridized carbons (Fsp3) is 0.586. The van der Waals surface area contributed by atoms with Crippen LogP contribution in [0.15, 0.2) is 54.6 Å². The van der Waals surface area contributed by atoms with Crippen LogP contribution in [0, 0.1) is 0 Å². The van der Waals surface area contributed by atoms with E-state index in [2.05, 4.69) is 104 Å². The lowest BCUT2D eigenvalue weighted by atomic mass is 9.66. The molecule has 2 fully saturated rings. The maximum atomic E-state index is 3.91. The number of hydrogen-bond donors (Lipinski definition) is 1. The Bertz CT molecular complexity index is 836. The maximum Gasteiger partial charge on any atom is 0.0571 e. The van der Waals surface area contributed by atoms with Crippen molar-refractivity contribution < 1.29 is 0 Å². The standard InChI is InChI=1S/C29H43N3/c1-22(2)31(23(3)4)20-18-29(21-30-24(5)32-19-10-9-13-28(29)32)27-16-14-26(15-17-27)25-11-7-6-8-12-25/h6-8,11-12,14-17,22-24,28,30H,9-10,13,18-21H2,1-5H3. The van der Waals surface area contributed by atoms with Gasteiger partial charge in [0.1, 0.15) is 0 Å². The summed E-state index contributed by atoms with van der Waals surface area (Å²) in [5.74, 6) is 0. The molecule has 0 radical (unpaired) electrons. The molecular formula is C29H43N3. The first-order valence-electron chi connectivity index (χ1n) is 12.8. The zero-order valence-electron chi connectivity index (χ0n) is 20.8. The molecule has 0 aromatic heterocycles. The van der Waals surface area contributed by atoms with E-state index >= 15 is 0 Å². The van der Waals surface area contributed by atoms with E-state index in [1.807, 2.05) is 0 Å². The van der Waals surface area contributed by atoms with E-state index in [0.717, 1.165) is 13.1 Å². The largest absolute Gasteiger partial charge is 0.301 e. The molecule has 0 spiro atoms. The number of fused-ring (bicyclic) bond motifs is 1. The van der Waals surface area contributed by atoms with Gasteiger partial charge < -0.3 is 5.32 Å². The first kappa shape index (κ1) is 23.5. The Labute approximate surface area is 196 Å². The molecule has 174 valence electrons. The van der Waals surface area contributed by atoms with Crippen molar-refractivity contribution in [2.24, 2.45) is 0 Å². The first-order chi connectivity index (χ1) is 15.4. The van der Waals surface area contributed by atoms with Crippen molar-refractivity contribution in [3.05, 3.63) is 60.2 Å². The zero-order chi connectivity index (χ0) is 22.7. The summed E-state index contributed by atoms with van der Waals surface area (Å²) in [5, 5.41) is 3.91. The summed E-state index contributed by atoms with van der Waals surface area (Å²) in [7, 11) is 0. The molecule has 0 saturated carbocycles. The van der Waals surface area contributed by atoms with Gasteiger partial charge in [-0.3, -0.25) is 9.80 Å². The molecule has 2 aromatic carbocycles. The lowest BCUT2D eigenvalue weighted by Crippen LogP contribution is -2.68. The number of piperidine rings is 1. The highest BCUT2D eigenvalue weighted by atomic mass is 15.3. The van der Waals surface area contributed by atoms with E-state index in [0.29, 0.717) is 24.3 Å². The van der Waals surface area contributed by atoms with E-state index in [1.165, 1.54) is 48.9 Å². The van der Waals surface area contributed by atoms with E-state index < -0.39 is 0 Å². The van der Waals surface area contributed by atoms with Crippen LogP contribution < -0.4 is 5.32 Å². The van der Waals surface area contributed by atoms with Gasteiger partial charge in [0.15, 0.2) is 0 Å². The van der Waals surface area contributed by atoms with Crippen molar-refractivity contribution in [1.82, 2.24) is 15.1 Å². The molecule has 2 aliphatic rings. The second kappa shape index (κ2) is 10.1. The predicted octanol–water partition coefficient (Wildman–Crippen LogP) is 5.90. The van der Waals surface area contributed by atoms with Crippen LogP contribution in [0.3, 0.4) is 0 Å². The third-order valence-electron chi connectivity index (χ3n) is 8.10. The number of benzene rings is 2. The van der Waals surface area contributed by atoms with Gasteiger partial charge in [0, 0.05) is 30.1 Å². The van der Waals surface area contributed by atoms with Crippen LogP contribution in [0.5, 0.6) is 0 Å². The summed E-state index contributed by atoms with van der Waals surface area (Å²) in [4.78, 5) is 5.44. The fourth-order valence-electron chi connectivity index (χ4n) is 6.34. The van der Waals surface area contributed by atoms with Gasteiger partial charge in [-0.15, -0.1) is 0 Å². The van der Waals surface area contributed by atoms with Crippen molar-refractivity contribution >= 4 is 0 Å². The molecule has 2 aliphatic heterocycles. The monoisotopic (exact) mass is 433 g/mol. The van der Waals surface area contributed by atoms with Crippen LogP contribution in [0.25, 0.3) is 11.1 Å². The Kier molecular flexibility index (Phi) is 7.39. The molecule has 2 saturated heterocycles. The molecule has 0 amide bonds. The molecule has 2 aromatic rings. The molecule has 4 rings (SSSR count). The molecular weight excluding hydrogens is 390 g/mol. The summed E-state index contributed by atoms with van der Waals surface area (Å²) < 4.78 is 0. The van der Waals surface area contributed by atoms with Crippen molar-refractivity contribution in [3.8, 4) is 11.1 Å². The van der Waals surface area contributed by atoms with Crippen molar-refractivity contribution in [3.63, 3.8) is 0 Å². The summed E-state index contributed by atoms with van der Waals surface area (Å²) in [5.41, 5.74) is 4.28. The van der Waals surface area contributed by atoms with Crippen molar-refractivity contribution in [1.29, 1.82) is 0 Å². The summed E-state index contributed by atoms with van der Waals surface area (Å²) in [6.07, 6.45) is 5.68. The third-order valence-corrected chi connectivity index (χ3v) is 8.10. The molecule has 2 heterocycles. The van der Waals surface area contributed by atoms with E-state index in [9.17, 15) is 0 Å². The van der Waals surface area contributed by atoms with Crippen LogP contribution in [-0.2, 0) is 5.41 Å². The number of hydrogen-bond acceptors (Lipinski definition) is 3. The highest BCUT2D eigenvalue weighted by molar-refractivity contribution is 5.63. The summed E-state index contributed by atoms with van der Waals surface area (Å²) in [6, 6.07) is 22.1. The van der Waals surface area contributed by atoms with Gasteiger partial charge in [0.25, 0.3) is 0 Å². The number of nitrogens with one attached hydrogen (secondary N) is 1. The van der Waals surface area contributed by atoms with Gasteiger partial charge in [-0.1, -0.05) is 61.0 Å². The van der Waals surface area contributed by atoms with Crippen LogP contribution in [0.2, 0.25) is 0 Å². The summed E-state index contributed by atoms with van der Waals surface area (Å²) in [6.45, 7) is 15.2. The van der Waals surface area contributed by atoms with Crippen LogP contribution in [-0.4, -0.2) is 53.7 Å².